The molecule has 0 amide bonds. The normalized spacial score (nSPS) is 13.8. The lowest BCUT2D eigenvalue weighted by molar-refractivity contribution is -0.139. The van der Waals surface area contributed by atoms with Crippen molar-refractivity contribution in [2.45, 2.75) is 6.92 Å². The molecule has 0 radical (unpaired) electrons. The maximum atomic E-state index is 12.3. The molecule has 1 aliphatic rings. The van der Waals surface area contributed by atoms with Crippen LogP contribution in [0.5, 0.6) is 5.75 Å². The number of esters is 2. The van der Waals surface area contributed by atoms with Crippen molar-refractivity contribution in [1.82, 2.24) is 0 Å². The first-order chi connectivity index (χ1) is 11.0. The number of ether oxygens (including phenoxy) is 2. The van der Waals surface area contributed by atoms with Crippen LogP contribution < -0.4 is 4.90 Å². The van der Waals surface area contributed by atoms with Crippen LogP contribution in [0.15, 0.2) is 53.9 Å². The van der Waals surface area contributed by atoms with Crippen molar-refractivity contribution in [3.63, 3.8) is 0 Å². The summed E-state index contributed by atoms with van der Waals surface area (Å²) in [4.78, 5) is 25.8. The number of nitrogens with zero attached hydrogens (tertiary/aromatic N) is 1. The number of allylic oxidation sites excluding steroid dienone is 2. The number of methoxy groups -OCH3 is 2. The minimum absolute atomic E-state index is 0.0399. The highest BCUT2D eigenvalue weighted by molar-refractivity contribution is 6.05. The van der Waals surface area contributed by atoms with E-state index in [1.807, 2.05) is 0 Å². The van der Waals surface area contributed by atoms with Crippen LogP contribution in [-0.2, 0) is 19.1 Å². The molecule has 0 saturated carbocycles. The van der Waals surface area contributed by atoms with E-state index in [0.29, 0.717) is 5.69 Å². The molecule has 0 bridgehead atoms. The van der Waals surface area contributed by atoms with E-state index in [4.69, 9.17) is 9.47 Å². The van der Waals surface area contributed by atoms with E-state index in [1.54, 1.807) is 37.4 Å². The van der Waals surface area contributed by atoms with Crippen molar-refractivity contribution in [2.75, 3.05) is 19.1 Å². The summed E-state index contributed by atoms with van der Waals surface area (Å²) in [5.74, 6) is -1.21. The fourth-order valence-electron chi connectivity index (χ4n) is 2.26. The van der Waals surface area contributed by atoms with Gasteiger partial charge in [0.2, 0.25) is 0 Å². The maximum absolute atomic E-state index is 12.3. The van der Waals surface area contributed by atoms with Gasteiger partial charge in [0.1, 0.15) is 11.4 Å². The lowest BCUT2D eigenvalue weighted by atomic mass is 10.1. The number of aryl methyl sites for hydroxylation is 1. The van der Waals surface area contributed by atoms with Gasteiger partial charge in [0, 0.05) is 11.9 Å². The zero-order valence-corrected chi connectivity index (χ0v) is 13.1. The zero-order valence-electron chi connectivity index (χ0n) is 13.1. The Kier molecular flexibility index (Phi) is 4.85. The summed E-state index contributed by atoms with van der Waals surface area (Å²) < 4.78 is 9.58. The molecule has 0 spiro atoms. The molecule has 0 saturated heterocycles. The van der Waals surface area contributed by atoms with Gasteiger partial charge in [-0.3, -0.25) is 0 Å². The number of benzene rings is 1. The lowest BCUT2D eigenvalue weighted by Crippen LogP contribution is -2.27. The average Bonchev–Trinajstić information content (AvgIpc) is 2.76. The minimum Gasteiger partial charge on any atom is -0.508 e. The van der Waals surface area contributed by atoms with E-state index in [1.165, 1.54) is 31.3 Å². The van der Waals surface area contributed by atoms with E-state index < -0.39 is 11.9 Å². The third-order valence-corrected chi connectivity index (χ3v) is 3.33. The number of aromatic hydroxyl groups is 1. The van der Waals surface area contributed by atoms with Crippen LogP contribution in [0, 0.1) is 6.92 Å². The van der Waals surface area contributed by atoms with Gasteiger partial charge in [-0.1, -0.05) is 6.08 Å². The van der Waals surface area contributed by atoms with Crippen molar-refractivity contribution in [3.8, 4) is 5.75 Å². The van der Waals surface area contributed by atoms with E-state index in [-0.39, 0.29) is 17.0 Å². The topological polar surface area (TPSA) is 76.1 Å². The quantitative estimate of drug-likeness (QED) is 0.862. The smallest absolute Gasteiger partial charge is 0.355 e. The molecule has 1 aromatic rings. The van der Waals surface area contributed by atoms with Crippen LogP contribution >= 0.6 is 0 Å². The Morgan fingerprint density at radius 3 is 2.39 bits per heavy atom. The Morgan fingerprint density at radius 2 is 1.78 bits per heavy atom. The second-order valence-corrected chi connectivity index (χ2v) is 4.79. The number of anilines is 1. The Morgan fingerprint density at radius 1 is 1.09 bits per heavy atom. The van der Waals surface area contributed by atoms with Gasteiger partial charge in [0.25, 0.3) is 0 Å². The number of carbonyl (C=O) groups excluding carboxylic acids is 2. The van der Waals surface area contributed by atoms with Crippen molar-refractivity contribution in [3.05, 3.63) is 59.5 Å². The molecule has 1 aliphatic heterocycles. The van der Waals surface area contributed by atoms with Crippen molar-refractivity contribution >= 4 is 17.6 Å². The predicted octanol–water partition coefficient (Wildman–Crippen LogP) is 2.19. The molecule has 1 aromatic carbocycles. The molecule has 2 rings (SSSR count). The molecule has 6 nitrogen and oxygen atoms in total. The monoisotopic (exact) mass is 315 g/mol. The second kappa shape index (κ2) is 6.83. The number of hydrogen-bond acceptors (Lipinski definition) is 6. The van der Waals surface area contributed by atoms with Crippen LogP contribution in [0.4, 0.5) is 5.69 Å². The van der Waals surface area contributed by atoms with Gasteiger partial charge in [0.15, 0.2) is 0 Å². The van der Waals surface area contributed by atoms with Gasteiger partial charge in [-0.05, 0) is 42.8 Å². The Hall–Kier alpha value is -3.02. The molecular weight excluding hydrogens is 298 g/mol. The van der Waals surface area contributed by atoms with E-state index in [9.17, 15) is 14.7 Å². The summed E-state index contributed by atoms with van der Waals surface area (Å²) in [7, 11) is 2.48. The molecule has 1 heterocycles. The van der Waals surface area contributed by atoms with E-state index >= 15 is 0 Å². The van der Waals surface area contributed by atoms with Gasteiger partial charge in [-0.2, -0.15) is 0 Å². The van der Waals surface area contributed by atoms with Crippen LogP contribution in [0.2, 0.25) is 0 Å². The summed E-state index contributed by atoms with van der Waals surface area (Å²) in [6, 6.07) is 4.72. The molecule has 0 atom stereocenters. The zero-order chi connectivity index (χ0) is 17.0. The van der Waals surface area contributed by atoms with Gasteiger partial charge in [-0.25, -0.2) is 9.59 Å². The largest absolute Gasteiger partial charge is 0.508 e. The summed E-state index contributed by atoms with van der Waals surface area (Å²) in [6.07, 6.45) is 6.44. The molecule has 23 heavy (non-hydrogen) atoms. The number of carbonyl (C=O) groups is 2. The fraction of sp³-hybridized carbons (Fsp3) is 0.176. The van der Waals surface area contributed by atoms with Crippen LogP contribution in [0.1, 0.15) is 5.56 Å². The van der Waals surface area contributed by atoms with Gasteiger partial charge in [0.05, 0.1) is 19.8 Å². The second-order valence-electron chi connectivity index (χ2n) is 4.79. The molecule has 0 aliphatic carbocycles. The van der Waals surface area contributed by atoms with E-state index in [0.717, 1.165) is 5.56 Å². The SMILES string of the molecule is COC(=O)C1=C(C(=O)OC)N(c2ccc(O)cc2C)C=CC=C1. The fourth-order valence-corrected chi connectivity index (χ4v) is 2.26. The van der Waals surface area contributed by atoms with Crippen molar-refractivity contribution < 1.29 is 24.2 Å². The Bertz CT molecular complexity index is 730. The molecule has 120 valence electrons. The third-order valence-electron chi connectivity index (χ3n) is 3.33. The van der Waals surface area contributed by atoms with Crippen molar-refractivity contribution in [1.29, 1.82) is 0 Å². The van der Waals surface area contributed by atoms with Crippen LogP contribution in [0.25, 0.3) is 0 Å². The Balaban J connectivity index is 2.68. The molecule has 0 aromatic heterocycles. The first kappa shape index (κ1) is 16.4. The number of phenols is 1. The highest BCUT2D eigenvalue weighted by Gasteiger charge is 2.28. The van der Waals surface area contributed by atoms with E-state index in [2.05, 4.69) is 0 Å². The lowest BCUT2D eigenvalue weighted by Gasteiger charge is -2.24. The highest BCUT2D eigenvalue weighted by atomic mass is 16.5. The highest BCUT2D eigenvalue weighted by Crippen LogP contribution is 2.30. The van der Waals surface area contributed by atoms with Crippen LogP contribution in [0.3, 0.4) is 0 Å². The third kappa shape index (κ3) is 3.26. The van der Waals surface area contributed by atoms with Gasteiger partial charge >= 0.3 is 11.9 Å². The maximum Gasteiger partial charge on any atom is 0.355 e. The molecular formula is C17H17NO5. The molecule has 6 heteroatoms. The summed E-state index contributed by atoms with van der Waals surface area (Å²) in [6.45, 7) is 1.79. The molecule has 0 unspecified atom stereocenters. The average molecular weight is 315 g/mol. The minimum atomic E-state index is -0.672. The van der Waals surface area contributed by atoms with Gasteiger partial charge in [-0.15, -0.1) is 0 Å². The van der Waals surface area contributed by atoms with Crippen molar-refractivity contribution in [2.24, 2.45) is 0 Å². The van der Waals surface area contributed by atoms with Gasteiger partial charge < -0.3 is 19.5 Å². The summed E-state index contributed by atoms with van der Waals surface area (Å²) in [5.41, 5.74) is 1.47. The number of rotatable bonds is 3. The first-order valence-electron chi connectivity index (χ1n) is 6.84. The summed E-state index contributed by atoms with van der Waals surface area (Å²) >= 11 is 0. The molecule has 0 fully saturated rings. The first-order valence-corrected chi connectivity index (χ1v) is 6.84. The number of hydrogen-bond donors (Lipinski definition) is 1. The number of phenolic OH excluding ortho intramolecular Hbond substituents is 1. The Labute approximate surface area is 133 Å². The summed E-state index contributed by atoms with van der Waals surface area (Å²) in [5, 5.41) is 9.56. The standard InChI is InChI=1S/C17H17NO5/c1-11-10-12(19)7-8-14(11)18-9-5-4-6-13(16(20)22-2)15(18)17(21)23-3/h4-10,19H,1-3H3. The van der Waals surface area contributed by atoms with Crippen LogP contribution in [-0.4, -0.2) is 31.3 Å². The molecule has 1 N–H and O–H groups in total. The predicted molar refractivity (Wildman–Crippen MR) is 84.7 cm³/mol.